The van der Waals surface area contributed by atoms with Gasteiger partial charge in [0.05, 0.1) is 5.41 Å². The van der Waals surface area contributed by atoms with E-state index in [9.17, 15) is 4.79 Å². The average molecular weight is 213 g/mol. The first-order valence-corrected chi connectivity index (χ1v) is 5.86. The quantitative estimate of drug-likeness (QED) is 0.682. The summed E-state index contributed by atoms with van der Waals surface area (Å²) in [7, 11) is 0. The van der Waals surface area contributed by atoms with Crippen molar-refractivity contribution in [2.24, 2.45) is 10.8 Å². The van der Waals surface area contributed by atoms with Crippen LogP contribution in [-0.4, -0.2) is 24.2 Å². The van der Waals surface area contributed by atoms with E-state index in [1.54, 1.807) is 13.8 Å². The van der Waals surface area contributed by atoms with Crippen molar-refractivity contribution in [1.29, 1.82) is 0 Å². The molecular weight excluding hydrogens is 190 g/mol. The van der Waals surface area contributed by atoms with Gasteiger partial charge in [-0.05, 0) is 38.5 Å². The third kappa shape index (κ3) is 3.49. The number of nitrogens with one attached hydrogen (secondary N) is 1. The third-order valence-corrected chi connectivity index (χ3v) is 3.38. The van der Waals surface area contributed by atoms with E-state index >= 15 is 0 Å². The van der Waals surface area contributed by atoms with Crippen molar-refractivity contribution >= 4 is 5.97 Å². The van der Waals surface area contributed by atoms with Gasteiger partial charge in [0.2, 0.25) is 0 Å². The zero-order chi connectivity index (χ0) is 11.5. The van der Waals surface area contributed by atoms with Crippen molar-refractivity contribution < 1.29 is 9.90 Å². The predicted molar refractivity (Wildman–Crippen MR) is 60.9 cm³/mol. The molecule has 0 bridgehead atoms. The van der Waals surface area contributed by atoms with Crippen molar-refractivity contribution in [3.63, 3.8) is 0 Å². The molecule has 1 aliphatic carbocycles. The Morgan fingerprint density at radius 3 is 2.47 bits per heavy atom. The number of carboxylic acid groups (broad SMARTS) is 1. The first-order valence-electron chi connectivity index (χ1n) is 5.86. The highest BCUT2D eigenvalue weighted by molar-refractivity contribution is 5.73. The summed E-state index contributed by atoms with van der Waals surface area (Å²) in [5.74, 6) is -0.727. The van der Waals surface area contributed by atoms with Crippen LogP contribution in [0.25, 0.3) is 0 Å². The van der Waals surface area contributed by atoms with Crippen molar-refractivity contribution in [2.75, 3.05) is 13.1 Å². The van der Waals surface area contributed by atoms with E-state index in [4.69, 9.17) is 5.11 Å². The molecule has 3 nitrogen and oxygen atoms in total. The molecule has 0 unspecified atom stereocenters. The minimum atomic E-state index is -0.727. The van der Waals surface area contributed by atoms with Gasteiger partial charge in [0, 0.05) is 13.1 Å². The first kappa shape index (κ1) is 12.5. The maximum atomic E-state index is 10.9. The molecule has 0 radical (unpaired) electrons. The fourth-order valence-corrected chi connectivity index (χ4v) is 1.94. The van der Waals surface area contributed by atoms with Crippen LogP contribution in [-0.2, 0) is 4.79 Å². The summed E-state index contributed by atoms with van der Waals surface area (Å²) >= 11 is 0. The average Bonchev–Trinajstić information content (AvgIpc) is 2.85. The van der Waals surface area contributed by atoms with Crippen molar-refractivity contribution in [3.8, 4) is 0 Å². The predicted octanol–water partition coefficient (Wildman–Crippen LogP) is 2.27. The lowest BCUT2D eigenvalue weighted by atomic mass is 9.93. The summed E-state index contributed by atoms with van der Waals surface area (Å²) in [5, 5.41) is 12.3. The van der Waals surface area contributed by atoms with Gasteiger partial charge in [-0.15, -0.1) is 0 Å². The zero-order valence-electron chi connectivity index (χ0n) is 10.1. The van der Waals surface area contributed by atoms with Gasteiger partial charge in [-0.3, -0.25) is 4.79 Å². The SMILES string of the molecule is CCCC1(CNCC(C)(C)C(=O)O)CC1. The highest BCUT2D eigenvalue weighted by Gasteiger charge is 2.41. The molecule has 1 rings (SSSR count). The van der Waals surface area contributed by atoms with Gasteiger partial charge < -0.3 is 10.4 Å². The largest absolute Gasteiger partial charge is 0.481 e. The van der Waals surface area contributed by atoms with Crippen LogP contribution in [0.4, 0.5) is 0 Å². The number of aliphatic carboxylic acids is 1. The van der Waals surface area contributed by atoms with Crippen LogP contribution in [0.2, 0.25) is 0 Å². The van der Waals surface area contributed by atoms with E-state index < -0.39 is 11.4 Å². The van der Waals surface area contributed by atoms with Crippen molar-refractivity contribution in [3.05, 3.63) is 0 Å². The maximum absolute atomic E-state index is 10.9. The Hall–Kier alpha value is -0.570. The van der Waals surface area contributed by atoms with Crippen molar-refractivity contribution in [1.82, 2.24) is 5.32 Å². The number of carboxylic acids is 1. The van der Waals surface area contributed by atoms with E-state index in [1.165, 1.54) is 25.7 Å². The van der Waals surface area contributed by atoms with Gasteiger partial charge in [-0.25, -0.2) is 0 Å². The van der Waals surface area contributed by atoms with Crippen LogP contribution in [0.5, 0.6) is 0 Å². The summed E-state index contributed by atoms with van der Waals surface area (Å²) in [6.07, 6.45) is 5.11. The second kappa shape index (κ2) is 4.52. The topological polar surface area (TPSA) is 49.3 Å². The fraction of sp³-hybridized carbons (Fsp3) is 0.917. The molecule has 1 aliphatic rings. The van der Waals surface area contributed by atoms with E-state index in [0.29, 0.717) is 12.0 Å². The fourth-order valence-electron chi connectivity index (χ4n) is 1.94. The van der Waals surface area contributed by atoms with Gasteiger partial charge in [0.1, 0.15) is 0 Å². The molecule has 0 heterocycles. The first-order chi connectivity index (χ1) is 6.92. The molecule has 2 N–H and O–H groups in total. The normalized spacial score (nSPS) is 18.9. The van der Waals surface area contributed by atoms with Crippen molar-refractivity contribution in [2.45, 2.75) is 46.5 Å². The van der Waals surface area contributed by atoms with E-state index in [-0.39, 0.29) is 0 Å². The van der Waals surface area contributed by atoms with Crippen LogP contribution in [0.15, 0.2) is 0 Å². The molecule has 0 atom stereocenters. The molecule has 0 spiro atoms. The van der Waals surface area contributed by atoms with Gasteiger partial charge in [-0.1, -0.05) is 13.3 Å². The maximum Gasteiger partial charge on any atom is 0.310 e. The lowest BCUT2D eigenvalue weighted by molar-refractivity contribution is -0.146. The van der Waals surface area contributed by atoms with Crippen LogP contribution >= 0.6 is 0 Å². The lowest BCUT2D eigenvalue weighted by Crippen LogP contribution is -2.38. The molecule has 15 heavy (non-hydrogen) atoms. The van der Waals surface area contributed by atoms with Gasteiger partial charge in [0.15, 0.2) is 0 Å². The van der Waals surface area contributed by atoms with E-state index in [0.717, 1.165) is 6.54 Å². The molecule has 0 aliphatic heterocycles. The Morgan fingerprint density at radius 1 is 1.47 bits per heavy atom. The molecule has 0 aromatic rings. The Balaban J connectivity index is 2.24. The van der Waals surface area contributed by atoms with Crippen LogP contribution in [0.3, 0.4) is 0 Å². The minimum Gasteiger partial charge on any atom is -0.481 e. The molecule has 0 aromatic heterocycles. The molecular formula is C12H23NO2. The molecule has 0 amide bonds. The Bertz CT molecular complexity index is 232. The summed E-state index contributed by atoms with van der Waals surface area (Å²) in [5.41, 5.74) is -0.147. The molecule has 88 valence electrons. The number of hydrogen-bond acceptors (Lipinski definition) is 2. The van der Waals surface area contributed by atoms with Crippen LogP contribution < -0.4 is 5.32 Å². The van der Waals surface area contributed by atoms with E-state index in [2.05, 4.69) is 12.2 Å². The third-order valence-electron chi connectivity index (χ3n) is 3.38. The Labute approximate surface area is 92.3 Å². The summed E-state index contributed by atoms with van der Waals surface area (Å²) in [6.45, 7) is 7.29. The number of carbonyl (C=O) groups is 1. The van der Waals surface area contributed by atoms with Crippen LogP contribution in [0.1, 0.15) is 46.5 Å². The highest BCUT2D eigenvalue weighted by Crippen LogP contribution is 2.48. The molecule has 0 saturated heterocycles. The van der Waals surface area contributed by atoms with Crippen LogP contribution in [0, 0.1) is 10.8 Å². The van der Waals surface area contributed by atoms with Gasteiger partial charge in [0.25, 0.3) is 0 Å². The van der Waals surface area contributed by atoms with Gasteiger partial charge >= 0.3 is 5.97 Å². The smallest absolute Gasteiger partial charge is 0.310 e. The molecule has 3 heteroatoms. The molecule has 1 saturated carbocycles. The summed E-state index contributed by atoms with van der Waals surface area (Å²) < 4.78 is 0. The summed E-state index contributed by atoms with van der Waals surface area (Å²) in [6, 6.07) is 0. The minimum absolute atomic E-state index is 0.503. The highest BCUT2D eigenvalue weighted by atomic mass is 16.4. The summed E-state index contributed by atoms with van der Waals surface area (Å²) in [4.78, 5) is 10.9. The Morgan fingerprint density at radius 2 is 2.07 bits per heavy atom. The standard InChI is InChI=1S/C12H23NO2/c1-4-5-12(6-7-12)9-13-8-11(2,3)10(14)15/h13H,4-9H2,1-3H3,(H,14,15). The monoisotopic (exact) mass is 213 g/mol. The molecule has 0 aromatic carbocycles. The zero-order valence-corrected chi connectivity index (χ0v) is 10.1. The van der Waals surface area contributed by atoms with E-state index in [1.807, 2.05) is 0 Å². The Kier molecular flexibility index (Phi) is 3.77. The van der Waals surface area contributed by atoms with Gasteiger partial charge in [-0.2, -0.15) is 0 Å². The second-order valence-corrected chi connectivity index (χ2v) is 5.54. The molecule has 1 fully saturated rings. The lowest BCUT2D eigenvalue weighted by Gasteiger charge is -2.22. The second-order valence-electron chi connectivity index (χ2n) is 5.54. The number of hydrogen-bond donors (Lipinski definition) is 2. The number of rotatable bonds is 7.